The minimum Gasteiger partial charge on any atom is -0.310 e. The van der Waals surface area contributed by atoms with E-state index in [4.69, 9.17) is 11.6 Å². The number of hydrogen-bond acceptors (Lipinski definition) is 2. The van der Waals surface area contributed by atoms with Gasteiger partial charge in [-0.05, 0) is 31.2 Å². The van der Waals surface area contributed by atoms with Gasteiger partial charge in [-0.2, -0.15) is 0 Å². The van der Waals surface area contributed by atoms with Gasteiger partial charge >= 0.3 is 0 Å². The summed E-state index contributed by atoms with van der Waals surface area (Å²) < 4.78 is 1.03. The topological polar surface area (TPSA) is 24.9 Å². The zero-order valence-electron chi connectivity index (χ0n) is 8.50. The second-order valence-corrected chi connectivity index (χ2v) is 5.28. The van der Waals surface area contributed by atoms with Crippen molar-refractivity contribution in [2.24, 2.45) is 0 Å². The first-order valence-electron chi connectivity index (χ1n) is 5.23. The molecule has 0 amide bonds. The van der Waals surface area contributed by atoms with E-state index in [9.17, 15) is 0 Å². The van der Waals surface area contributed by atoms with Gasteiger partial charge in [-0.1, -0.05) is 27.5 Å². The summed E-state index contributed by atoms with van der Waals surface area (Å²) in [6.07, 6.45) is 3.02. The van der Waals surface area contributed by atoms with Crippen LogP contribution in [0.15, 0.2) is 28.9 Å². The maximum absolute atomic E-state index is 6.42. The number of fused-ring (bicyclic) bond motifs is 1. The molecule has 2 aromatic rings. The van der Waals surface area contributed by atoms with Gasteiger partial charge in [0.2, 0.25) is 0 Å². The van der Waals surface area contributed by atoms with Gasteiger partial charge in [0.25, 0.3) is 0 Å². The van der Waals surface area contributed by atoms with E-state index in [1.54, 1.807) is 0 Å². The van der Waals surface area contributed by atoms with Crippen molar-refractivity contribution in [3.63, 3.8) is 0 Å². The molecule has 1 aliphatic rings. The fourth-order valence-corrected chi connectivity index (χ4v) is 2.64. The van der Waals surface area contributed by atoms with E-state index in [-0.39, 0.29) is 0 Å². The first-order valence-corrected chi connectivity index (χ1v) is 6.40. The monoisotopic (exact) mass is 296 g/mol. The molecule has 1 aromatic carbocycles. The molecule has 1 atom stereocenters. The summed E-state index contributed by atoms with van der Waals surface area (Å²) in [5, 5.41) is 5.18. The third-order valence-electron chi connectivity index (χ3n) is 2.99. The van der Waals surface area contributed by atoms with Crippen molar-refractivity contribution >= 4 is 38.4 Å². The van der Waals surface area contributed by atoms with Gasteiger partial charge in [0.1, 0.15) is 0 Å². The molecular formula is C12H10BrClN2. The highest BCUT2D eigenvalue weighted by Crippen LogP contribution is 2.34. The van der Waals surface area contributed by atoms with Crippen molar-refractivity contribution in [3.8, 4) is 0 Å². The van der Waals surface area contributed by atoms with Crippen LogP contribution in [0.3, 0.4) is 0 Å². The Labute approximate surface area is 107 Å². The van der Waals surface area contributed by atoms with Crippen LogP contribution in [0.25, 0.3) is 10.9 Å². The summed E-state index contributed by atoms with van der Waals surface area (Å²) in [7, 11) is 0. The zero-order valence-corrected chi connectivity index (χ0v) is 10.8. The zero-order chi connectivity index (χ0) is 11.1. The third kappa shape index (κ3) is 1.63. The van der Waals surface area contributed by atoms with Crippen LogP contribution in [0.2, 0.25) is 5.02 Å². The Morgan fingerprint density at radius 3 is 2.94 bits per heavy atom. The van der Waals surface area contributed by atoms with Gasteiger partial charge in [-0.25, -0.2) is 0 Å². The number of aromatic nitrogens is 1. The van der Waals surface area contributed by atoms with E-state index >= 15 is 0 Å². The molecule has 1 aliphatic heterocycles. The number of nitrogens with one attached hydrogen (secondary N) is 1. The first kappa shape index (κ1) is 10.5. The lowest BCUT2D eigenvalue weighted by atomic mass is 9.98. The maximum atomic E-state index is 6.42. The Morgan fingerprint density at radius 2 is 2.25 bits per heavy atom. The molecule has 1 fully saturated rings. The molecule has 1 unspecified atom stereocenters. The average Bonchev–Trinajstić information content (AvgIpc) is 2.20. The van der Waals surface area contributed by atoms with Gasteiger partial charge in [-0.15, -0.1) is 0 Å². The highest BCUT2D eigenvalue weighted by Gasteiger charge is 2.22. The Hall–Kier alpha value is -0.640. The van der Waals surface area contributed by atoms with Gasteiger partial charge in [0.15, 0.2) is 0 Å². The van der Waals surface area contributed by atoms with Crippen LogP contribution in [0, 0.1) is 0 Å². The fourth-order valence-electron chi connectivity index (χ4n) is 1.94. The maximum Gasteiger partial charge on any atom is 0.0717 e. The second kappa shape index (κ2) is 3.99. The molecule has 0 bridgehead atoms. The van der Waals surface area contributed by atoms with Crippen LogP contribution in [0.4, 0.5) is 0 Å². The summed E-state index contributed by atoms with van der Waals surface area (Å²) in [6, 6.07) is 6.35. The van der Waals surface area contributed by atoms with Crippen LogP contribution in [-0.4, -0.2) is 11.5 Å². The van der Waals surface area contributed by atoms with Crippen molar-refractivity contribution in [2.75, 3.05) is 6.54 Å². The van der Waals surface area contributed by atoms with Crippen LogP contribution in [0.5, 0.6) is 0 Å². The Bertz CT molecular complexity index is 552. The summed E-state index contributed by atoms with van der Waals surface area (Å²) >= 11 is 9.88. The summed E-state index contributed by atoms with van der Waals surface area (Å²) in [5.41, 5.74) is 2.05. The third-order valence-corrected chi connectivity index (χ3v) is 3.91. The lowest BCUT2D eigenvalue weighted by Crippen LogP contribution is -2.35. The van der Waals surface area contributed by atoms with Crippen molar-refractivity contribution in [3.05, 3.63) is 39.5 Å². The van der Waals surface area contributed by atoms with Crippen molar-refractivity contribution < 1.29 is 0 Å². The van der Waals surface area contributed by atoms with Gasteiger partial charge in [0, 0.05) is 27.7 Å². The highest BCUT2D eigenvalue weighted by molar-refractivity contribution is 9.10. The molecule has 16 heavy (non-hydrogen) atoms. The highest BCUT2D eigenvalue weighted by atomic mass is 79.9. The molecule has 0 aliphatic carbocycles. The number of hydrogen-bond donors (Lipinski definition) is 1. The normalized spacial score (nSPS) is 19.8. The molecular weight excluding hydrogens is 288 g/mol. The molecule has 1 N–H and O–H groups in total. The lowest BCUT2D eigenvalue weighted by molar-refractivity contribution is 0.383. The summed E-state index contributed by atoms with van der Waals surface area (Å²) in [5.74, 6) is 0. The minimum atomic E-state index is 0.378. The molecule has 0 spiro atoms. The number of nitrogens with zero attached hydrogens (tertiary/aromatic N) is 1. The predicted octanol–water partition coefficient (Wildman–Crippen LogP) is 3.69. The SMILES string of the molecule is Clc1c(C2CCN2)cnc2ccc(Br)cc12. The standard InChI is InChI=1S/C12H10BrClN2/c13-7-1-2-10-8(5-7)12(14)9(6-16-10)11-3-4-15-11/h1-2,5-6,11,15H,3-4H2. The number of rotatable bonds is 1. The van der Waals surface area contributed by atoms with Crippen molar-refractivity contribution in [1.82, 2.24) is 10.3 Å². The van der Waals surface area contributed by atoms with E-state index in [1.165, 1.54) is 0 Å². The minimum absolute atomic E-state index is 0.378. The smallest absolute Gasteiger partial charge is 0.0717 e. The predicted molar refractivity (Wildman–Crippen MR) is 69.8 cm³/mol. The van der Waals surface area contributed by atoms with E-state index in [1.807, 2.05) is 24.4 Å². The molecule has 2 nitrogen and oxygen atoms in total. The molecule has 0 saturated carbocycles. The van der Waals surface area contributed by atoms with Crippen LogP contribution >= 0.6 is 27.5 Å². The molecule has 2 heterocycles. The van der Waals surface area contributed by atoms with Crippen LogP contribution in [0.1, 0.15) is 18.0 Å². The number of halogens is 2. The molecule has 0 radical (unpaired) electrons. The number of benzene rings is 1. The fraction of sp³-hybridized carbons (Fsp3) is 0.250. The van der Waals surface area contributed by atoms with E-state index in [2.05, 4.69) is 26.2 Å². The van der Waals surface area contributed by atoms with Gasteiger partial charge in [0.05, 0.1) is 10.5 Å². The van der Waals surface area contributed by atoms with Crippen molar-refractivity contribution in [2.45, 2.75) is 12.5 Å². The van der Waals surface area contributed by atoms with Crippen LogP contribution < -0.4 is 5.32 Å². The van der Waals surface area contributed by atoms with Crippen LogP contribution in [-0.2, 0) is 0 Å². The molecule has 1 aromatic heterocycles. The van der Waals surface area contributed by atoms with Gasteiger partial charge < -0.3 is 5.32 Å². The molecule has 82 valence electrons. The largest absolute Gasteiger partial charge is 0.310 e. The first-order chi connectivity index (χ1) is 7.75. The van der Waals surface area contributed by atoms with Gasteiger partial charge in [-0.3, -0.25) is 4.98 Å². The van der Waals surface area contributed by atoms with E-state index in [0.717, 1.165) is 38.9 Å². The number of pyridine rings is 1. The molecule has 4 heteroatoms. The summed E-state index contributed by atoms with van der Waals surface area (Å²) in [4.78, 5) is 4.44. The average molecular weight is 298 g/mol. The Morgan fingerprint density at radius 1 is 1.44 bits per heavy atom. The van der Waals surface area contributed by atoms with Crippen molar-refractivity contribution in [1.29, 1.82) is 0 Å². The molecule has 1 saturated heterocycles. The quantitative estimate of drug-likeness (QED) is 0.868. The Balaban J connectivity index is 2.21. The van der Waals surface area contributed by atoms with E-state index < -0.39 is 0 Å². The second-order valence-electron chi connectivity index (χ2n) is 3.98. The summed E-state index contributed by atoms with van der Waals surface area (Å²) in [6.45, 7) is 1.07. The lowest BCUT2D eigenvalue weighted by Gasteiger charge is -2.28. The molecule has 3 rings (SSSR count). The Kier molecular flexibility index (Phi) is 2.62. The van der Waals surface area contributed by atoms with E-state index in [0.29, 0.717) is 6.04 Å².